The van der Waals surface area contributed by atoms with Crippen molar-refractivity contribution < 1.29 is 19.1 Å². The van der Waals surface area contributed by atoms with E-state index in [1.807, 2.05) is 0 Å². The molecule has 0 rings (SSSR count). The second kappa shape index (κ2) is 4.56. The zero-order valence-corrected chi connectivity index (χ0v) is 7.71. The molecule has 0 aromatic rings. The minimum atomic E-state index is -1.75. The summed E-state index contributed by atoms with van der Waals surface area (Å²) in [6.07, 6.45) is 0.301. The highest BCUT2D eigenvalue weighted by atomic mass is 16.5. The number of hydrogen-bond acceptors (Lipinski definition) is 4. The number of aldehydes is 1. The first-order valence-electron chi connectivity index (χ1n) is 3.54. The van der Waals surface area contributed by atoms with Crippen molar-refractivity contribution in [2.75, 3.05) is 7.11 Å². The monoisotopic (exact) mass is 188 g/mol. The summed E-state index contributed by atoms with van der Waals surface area (Å²) in [4.78, 5) is 31.9. The molecule has 2 N–H and O–H groups in total. The largest absolute Gasteiger partial charge is 0.336 e. The molecule has 0 aliphatic heterocycles. The van der Waals surface area contributed by atoms with Crippen LogP contribution < -0.4 is 10.6 Å². The number of carbonyl (C=O) groups is 3. The van der Waals surface area contributed by atoms with Gasteiger partial charge in [-0.3, -0.25) is 14.4 Å². The summed E-state index contributed by atoms with van der Waals surface area (Å²) in [7, 11) is 1.19. The summed E-state index contributed by atoms with van der Waals surface area (Å²) in [6.45, 7) is 2.41. The van der Waals surface area contributed by atoms with Gasteiger partial charge in [-0.2, -0.15) is 0 Å². The average Bonchev–Trinajstić information content (AvgIpc) is 2.01. The molecule has 6 nitrogen and oxygen atoms in total. The highest BCUT2D eigenvalue weighted by molar-refractivity contribution is 5.83. The van der Waals surface area contributed by atoms with E-state index in [0.29, 0.717) is 6.29 Å². The van der Waals surface area contributed by atoms with E-state index in [4.69, 9.17) is 0 Å². The van der Waals surface area contributed by atoms with Crippen LogP contribution in [0.25, 0.3) is 0 Å². The molecule has 0 heterocycles. The third-order valence-electron chi connectivity index (χ3n) is 1.21. The molecule has 0 radical (unpaired) electrons. The molecule has 0 aliphatic rings. The predicted molar refractivity (Wildman–Crippen MR) is 43.4 cm³/mol. The van der Waals surface area contributed by atoms with E-state index >= 15 is 0 Å². The predicted octanol–water partition coefficient (Wildman–Crippen LogP) is -1.24. The molecule has 0 aromatic carbocycles. The van der Waals surface area contributed by atoms with Crippen LogP contribution in [-0.4, -0.2) is 31.1 Å². The molecule has 2 amide bonds. The maximum atomic E-state index is 10.7. The Balaban J connectivity index is 4.58. The van der Waals surface area contributed by atoms with Crippen molar-refractivity contribution in [1.29, 1.82) is 0 Å². The van der Waals surface area contributed by atoms with Crippen molar-refractivity contribution in [1.82, 2.24) is 10.6 Å². The Hall–Kier alpha value is -1.43. The number of rotatable bonds is 4. The Labute approximate surface area is 75.6 Å². The van der Waals surface area contributed by atoms with Crippen molar-refractivity contribution in [3.05, 3.63) is 0 Å². The minimum absolute atomic E-state index is 0.301. The first-order valence-corrected chi connectivity index (χ1v) is 3.54. The smallest absolute Gasteiger partial charge is 0.279 e. The third kappa shape index (κ3) is 3.66. The maximum Gasteiger partial charge on any atom is 0.279 e. The average molecular weight is 188 g/mol. The summed E-state index contributed by atoms with van der Waals surface area (Å²) < 4.78 is 4.68. The molecule has 0 saturated heterocycles. The van der Waals surface area contributed by atoms with E-state index in [1.165, 1.54) is 21.0 Å². The molecule has 13 heavy (non-hydrogen) atoms. The normalized spacial score (nSPS) is 10.4. The Morgan fingerprint density at radius 3 is 1.77 bits per heavy atom. The first-order chi connectivity index (χ1) is 5.95. The second-order valence-electron chi connectivity index (χ2n) is 2.42. The molecule has 0 saturated carbocycles. The Morgan fingerprint density at radius 1 is 1.23 bits per heavy atom. The topological polar surface area (TPSA) is 84.5 Å². The number of hydrogen-bond donors (Lipinski definition) is 2. The van der Waals surface area contributed by atoms with Gasteiger partial charge < -0.3 is 15.4 Å². The van der Waals surface area contributed by atoms with E-state index in [2.05, 4.69) is 15.4 Å². The maximum absolute atomic E-state index is 10.7. The molecule has 0 aromatic heterocycles. The summed E-state index contributed by atoms with van der Waals surface area (Å²) >= 11 is 0. The number of ether oxygens (including phenoxy) is 1. The summed E-state index contributed by atoms with van der Waals surface area (Å²) in [5, 5.41) is 4.33. The van der Waals surface area contributed by atoms with Gasteiger partial charge in [-0.25, -0.2) is 0 Å². The zero-order chi connectivity index (χ0) is 10.5. The van der Waals surface area contributed by atoms with Crippen molar-refractivity contribution in [2.45, 2.75) is 19.7 Å². The Kier molecular flexibility index (Phi) is 4.06. The van der Waals surface area contributed by atoms with Crippen molar-refractivity contribution >= 4 is 18.1 Å². The fourth-order valence-corrected chi connectivity index (χ4v) is 0.763. The summed E-state index contributed by atoms with van der Waals surface area (Å²) in [6, 6.07) is 0. The lowest BCUT2D eigenvalue weighted by Gasteiger charge is -2.26. The second-order valence-corrected chi connectivity index (χ2v) is 2.42. The van der Waals surface area contributed by atoms with Crippen molar-refractivity contribution in [3.8, 4) is 0 Å². The van der Waals surface area contributed by atoms with E-state index in [9.17, 15) is 14.4 Å². The van der Waals surface area contributed by atoms with Crippen LogP contribution in [0.4, 0.5) is 0 Å². The van der Waals surface area contributed by atoms with Crippen LogP contribution in [0.5, 0.6) is 0 Å². The Bertz CT molecular complexity index is 211. The van der Waals surface area contributed by atoms with Crippen LogP contribution in [0.15, 0.2) is 0 Å². The third-order valence-corrected chi connectivity index (χ3v) is 1.21. The van der Waals surface area contributed by atoms with Gasteiger partial charge in [-0.15, -0.1) is 0 Å². The van der Waals surface area contributed by atoms with E-state index in [1.54, 1.807) is 0 Å². The number of nitrogens with one attached hydrogen (secondary N) is 2. The van der Waals surface area contributed by atoms with Crippen LogP contribution in [-0.2, 0) is 19.1 Å². The van der Waals surface area contributed by atoms with E-state index in [-0.39, 0.29) is 0 Å². The zero-order valence-electron chi connectivity index (χ0n) is 7.71. The number of carbonyl (C=O) groups excluding carboxylic acids is 3. The van der Waals surface area contributed by atoms with Gasteiger partial charge in [0.1, 0.15) is 0 Å². The molecule has 0 spiro atoms. The van der Waals surface area contributed by atoms with Crippen molar-refractivity contribution in [2.24, 2.45) is 0 Å². The lowest BCUT2D eigenvalue weighted by Crippen LogP contribution is -2.62. The van der Waals surface area contributed by atoms with Gasteiger partial charge in [0, 0.05) is 21.0 Å². The molecule has 6 heteroatoms. The van der Waals surface area contributed by atoms with Crippen molar-refractivity contribution in [3.63, 3.8) is 0 Å². The van der Waals surface area contributed by atoms with Gasteiger partial charge >= 0.3 is 0 Å². The fraction of sp³-hybridized carbons (Fsp3) is 0.571. The molecule has 0 aliphatic carbocycles. The van der Waals surface area contributed by atoms with Gasteiger partial charge in [0.05, 0.1) is 0 Å². The first kappa shape index (κ1) is 11.6. The van der Waals surface area contributed by atoms with Gasteiger partial charge in [0.15, 0.2) is 6.29 Å². The quantitative estimate of drug-likeness (QED) is 0.427. The molecule has 74 valence electrons. The van der Waals surface area contributed by atoms with Gasteiger partial charge in [0.25, 0.3) is 5.85 Å². The lowest BCUT2D eigenvalue weighted by molar-refractivity contribution is -0.151. The van der Waals surface area contributed by atoms with Gasteiger partial charge in [0.2, 0.25) is 11.8 Å². The summed E-state index contributed by atoms with van der Waals surface area (Å²) in [5.41, 5.74) is 0. The molecular weight excluding hydrogens is 176 g/mol. The van der Waals surface area contributed by atoms with Crippen LogP contribution >= 0.6 is 0 Å². The SMILES string of the molecule is COC(C=O)(NC(C)=O)NC(C)=O. The molecular formula is C7H12N2O4. The molecule has 0 unspecified atom stereocenters. The van der Waals surface area contributed by atoms with Crippen LogP contribution in [0, 0.1) is 0 Å². The molecule has 0 fully saturated rings. The lowest BCUT2D eigenvalue weighted by atomic mass is 10.4. The minimum Gasteiger partial charge on any atom is -0.336 e. The number of amides is 2. The van der Waals surface area contributed by atoms with E-state index in [0.717, 1.165) is 0 Å². The standard InChI is InChI=1S/C7H12N2O4/c1-5(11)8-7(4-10,13-3)9-6(2)12/h4H,1-3H3,(H,8,11)(H,9,12). The van der Waals surface area contributed by atoms with Crippen LogP contribution in [0.2, 0.25) is 0 Å². The fourth-order valence-electron chi connectivity index (χ4n) is 0.763. The summed E-state index contributed by atoms with van der Waals surface area (Å²) in [5.74, 6) is -2.72. The van der Waals surface area contributed by atoms with Crippen LogP contribution in [0.3, 0.4) is 0 Å². The Morgan fingerprint density at radius 2 is 1.62 bits per heavy atom. The highest BCUT2D eigenvalue weighted by Crippen LogP contribution is 1.96. The molecule has 0 bridgehead atoms. The highest BCUT2D eigenvalue weighted by Gasteiger charge is 2.31. The van der Waals surface area contributed by atoms with Gasteiger partial charge in [-0.05, 0) is 0 Å². The van der Waals surface area contributed by atoms with Crippen LogP contribution in [0.1, 0.15) is 13.8 Å². The van der Waals surface area contributed by atoms with Gasteiger partial charge in [-0.1, -0.05) is 0 Å². The van der Waals surface area contributed by atoms with E-state index < -0.39 is 17.7 Å². The number of methoxy groups -OCH3 is 1. The molecule has 0 atom stereocenters.